The number of non-ortho nitro benzene ring substituents is 1. The molecule has 2 aromatic rings. The molecule has 1 N–H and O–H groups in total. The van der Waals surface area contributed by atoms with Crippen molar-refractivity contribution >= 4 is 29.2 Å². The van der Waals surface area contributed by atoms with E-state index in [-0.39, 0.29) is 29.9 Å². The van der Waals surface area contributed by atoms with E-state index in [0.29, 0.717) is 5.69 Å². The van der Waals surface area contributed by atoms with Gasteiger partial charge in [0.25, 0.3) is 11.6 Å². The van der Waals surface area contributed by atoms with Crippen LogP contribution in [0.2, 0.25) is 0 Å². The normalized spacial score (nSPS) is 10.1. The van der Waals surface area contributed by atoms with Gasteiger partial charge in [-0.2, -0.15) is 0 Å². The summed E-state index contributed by atoms with van der Waals surface area (Å²) in [5.41, 5.74) is -0.0955. The van der Waals surface area contributed by atoms with Gasteiger partial charge < -0.3 is 14.8 Å². The lowest BCUT2D eigenvalue weighted by molar-refractivity contribution is -0.384. The molecule has 2 aromatic carbocycles. The van der Waals surface area contributed by atoms with Crippen molar-refractivity contribution in [2.75, 3.05) is 18.5 Å². The highest BCUT2D eigenvalue weighted by Crippen LogP contribution is 2.20. The third-order valence-electron chi connectivity index (χ3n) is 3.53. The summed E-state index contributed by atoms with van der Waals surface area (Å²) in [6.45, 7) is 3.57. The Morgan fingerprint density at radius 3 is 2.14 bits per heavy atom. The Hall–Kier alpha value is -3.75. The Balaban J connectivity index is 2.31. The molecule has 0 aliphatic rings. The van der Waals surface area contributed by atoms with Crippen LogP contribution in [0, 0.1) is 10.1 Å². The van der Waals surface area contributed by atoms with Crippen LogP contribution in [-0.2, 0) is 9.47 Å². The van der Waals surface area contributed by atoms with E-state index in [2.05, 4.69) is 5.32 Å². The first kappa shape index (κ1) is 20.6. The number of ether oxygens (including phenoxy) is 2. The highest BCUT2D eigenvalue weighted by atomic mass is 16.6. The fourth-order valence-corrected chi connectivity index (χ4v) is 2.32. The van der Waals surface area contributed by atoms with Gasteiger partial charge in [0.15, 0.2) is 0 Å². The topological polar surface area (TPSA) is 125 Å². The van der Waals surface area contributed by atoms with E-state index in [1.807, 2.05) is 0 Å². The van der Waals surface area contributed by atoms with Crippen LogP contribution in [0.25, 0.3) is 0 Å². The maximum Gasteiger partial charge on any atom is 0.338 e. The summed E-state index contributed by atoms with van der Waals surface area (Å²) in [6.07, 6.45) is 0. The van der Waals surface area contributed by atoms with Crippen LogP contribution in [0.5, 0.6) is 0 Å². The number of hydrogen-bond donors (Lipinski definition) is 1. The van der Waals surface area contributed by atoms with Crippen molar-refractivity contribution < 1.29 is 28.8 Å². The number of anilines is 1. The van der Waals surface area contributed by atoms with Gasteiger partial charge >= 0.3 is 11.9 Å². The number of carbonyl (C=O) groups excluding carboxylic acids is 3. The maximum atomic E-state index is 12.5. The van der Waals surface area contributed by atoms with Gasteiger partial charge in [0, 0.05) is 23.4 Å². The second-order valence-electron chi connectivity index (χ2n) is 5.50. The number of amides is 1. The monoisotopic (exact) mass is 386 g/mol. The van der Waals surface area contributed by atoms with E-state index in [1.165, 1.54) is 18.2 Å². The number of hydrogen-bond acceptors (Lipinski definition) is 7. The SMILES string of the molecule is CCOC(=O)c1cccc(NC(=O)c2cc(C(=O)OCC)cc([N+](=O)[O-])c2)c1. The third-order valence-corrected chi connectivity index (χ3v) is 3.53. The average Bonchev–Trinajstić information content (AvgIpc) is 2.68. The number of nitrogens with one attached hydrogen (secondary N) is 1. The lowest BCUT2D eigenvalue weighted by Gasteiger charge is -2.09. The maximum absolute atomic E-state index is 12.5. The zero-order valence-corrected chi connectivity index (χ0v) is 15.3. The van der Waals surface area contributed by atoms with E-state index in [0.717, 1.165) is 12.1 Å². The number of esters is 2. The molecule has 0 aliphatic heterocycles. The summed E-state index contributed by atoms with van der Waals surface area (Å²) in [7, 11) is 0. The van der Waals surface area contributed by atoms with Crippen molar-refractivity contribution in [1.29, 1.82) is 0 Å². The molecule has 146 valence electrons. The summed E-state index contributed by atoms with van der Waals surface area (Å²) in [4.78, 5) is 46.6. The smallest absolute Gasteiger partial charge is 0.338 e. The van der Waals surface area contributed by atoms with Gasteiger partial charge in [-0.3, -0.25) is 14.9 Å². The van der Waals surface area contributed by atoms with Gasteiger partial charge in [-0.25, -0.2) is 9.59 Å². The number of carbonyl (C=O) groups is 3. The molecule has 28 heavy (non-hydrogen) atoms. The number of nitro groups is 1. The molecular weight excluding hydrogens is 368 g/mol. The molecule has 0 saturated heterocycles. The molecule has 0 bridgehead atoms. The zero-order valence-electron chi connectivity index (χ0n) is 15.3. The Morgan fingerprint density at radius 1 is 0.929 bits per heavy atom. The second-order valence-corrected chi connectivity index (χ2v) is 5.50. The third kappa shape index (κ3) is 5.13. The van der Waals surface area contributed by atoms with Crippen LogP contribution in [0.3, 0.4) is 0 Å². The summed E-state index contributed by atoms with van der Waals surface area (Å²) in [6, 6.07) is 9.34. The van der Waals surface area contributed by atoms with Gasteiger partial charge in [0.2, 0.25) is 0 Å². The Kier molecular flexibility index (Phi) is 6.80. The van der Waals surface area contributed by atoms with Crippen LogP contribution in [-0.4, -0.2) is 36.0 Å². The first-order valence-corrected chi connectivity index (χ1v) is 8.40. The summed E-state index contributed by atoms with van der Waals surface area (Å²) >= 11 is 0. The number of benzene rings is 2. The van der Waals surface area contributed by atoms with Crippen molar-refractivity contribution in [3.05, 3.63) is 69.3 Å². The van der Waals surface area contributed by atoms with Gasteiger partial charge in [-0.15, -0.1) is 0 Å². The van der Waals surface area contributed by atoms with E-state index in [1.54, 1.807) is 26.0 Å². The molecule has 0 aromatic heterocycles. The Labute approximate surface area is 160 Å². The van der Waals surface area contributed by atoms with Crippen LogP contribution in [0.1, 0.15) is 44.9 Å². The lowest BCUT2D eigenvalue weighted by Crippen LogP contribution is -2.15. The molecule has 0 aliphatic carbocycles. The molecule has 0 fully saturated rings. The molecule has 0 radical (unpaired) electrons. The van der Waals surface area contributed by atoms with E-state index in [9.17, 15) is 24.5 Å². The van der Waals surface area contributed by atoms with Gasteiger partial charge in [0.1, 0.15) is 0 Å². The van der Waals surface area contributed by atoms with Crippen LogP contribution >= 0.6 is 0 Å². The highest BCUT2D eigenvalue weighted by Gasteiger charge is 2.19. The summed E-state index contributed by atoms with van der Waals surface area (Å²) in [5, 5.41) is 13.7. The fourth-order valence-electron chi connectivity index (χ4n) is 2.32. The van der Waals surface area contributed by atoms with Gasteiger partial charge in [0.05, 0.1) is 29.3 Å². The van der Waals surface area contributed by atoms with Crippen LogP contribution in [0.15, 0.2) is 42.5 Å². The molecule has 0 heterocycles. The van der Waals surface area contributed by atoms with E-state index >= 15 is 0 Å². The second kappa shape index (κ2) is 9.26. The van der Waals surface area contributed by atoms with Crippen molar-refractivity contribution in [3.8, 4) is 0 Å². The minimum Gasteiger partial charge on any atom is -0.462 e. The van der Waals surface area contributed by atoms with Crippen LogP contribution in [0.4, 0.5) is 11.4 Å². The Morgan fingerprint density at radius 2 is 1.54 bits per heavy atom. The van der Waals surface area contributed by atoms with Crippen molar-refractivity contribution in [3.63, 3.8) is 0 Å². The molecule has 9 heteroatoms. The van der Waals surface area contributed by atoms with E-state index in [4.69, 9.17) is 9.47 Å². The minimum absolute atomic E-state index is 0.0870. The molecule has 0 unspecified atom stereocenters. The van der Waals surface area contributed by atoms with Gasteiger partial charge in [-0.1, -0.05) is 6.07 Å². The zero-order chi connectivity index (χ0) is 20.7. The van der Waals surface area contributed by atoms with Gasteiger partial charge in [-0.05, 0) is 38.1 Å². The summed E-state index contributed by atoms with van der Waals surface area (Å²) < 4.78 is 9.74. The van der Waals surface area contributed by atoms with Crippen molar-refractivity contribution in [1.82, 2.24) is 0 Å². The average molecular weight is 386 g/mol. The largest absolute Gasteiger partial charge is 0.462 e. The van der Waals surface area contributed by atoms with Crippen LogP contribution < -0.4 is 5.32 Å². The minimum atomic E-state index is -0.774. The molecule has 2 rings (SSSR count). The number of rotatable bonds is 7. The summed E-state index contributed by atoms with van der Waals surface area (Å²) in [5.74, 6) is -2.00. The molecule has 0 saturated carbocycles. The predicted molar refractivity (Wildman–Crippen MR) is 99.4 cm³/mol. The molecule has 0 atom stereocenters. The predicted octanol–water partition coefficient (Wildman–Crippen LogP) is 3.20. The fraction of sp³-hybridized carbons (Fsp3) is 0.211. The molecule has 0 spiro atoms. The van der Waals surface area contributed by atoms with Crippen molar-refractivity contribution in [2.45, 2.75) is 13.8 Å². The molecule has 1 amide bonds. The number of nitrogens with zero attached hydrogens (tertiary/aromatic N) is 1. The molecular formula is C19H18N2O7. The van der Waals surface area contributed by atoms with E-state index < -0.39 is 28.5 Å². The van der Waals surface area contributed by atoms with Crippen molar-refractivity contribution in [2.24, 2.45) is 0 Å². The highest BCUT2D eigenvalue weighted by molar-refractivity contribution is 6.06. The molecule has 9 nitrogen and oxygen atoms in total. The first-order chi connectivity index (χ1) is 13.3. The lowest BCUT2D eigenvalue weighted by atomic mass is 10.1. The standard InChI is InChI=1S/C19H18N2O7/c1-3-27-18(23)12-6-5-7-15(9-12)20-17(22)13-8-14(19(24)28-4-2)11-16(10-13)21(25)26/h5-11H,3-4H2,1-2H3,(H,20,22). The Bertz CT molecular complexity index is 924. The quantitative estimate of drug-likeness (QED) is 0.440. The number of nitro benzene ring substituents is 1. The first-order valence-electron chi connectivity index (χ1n) is 8.40.